The average molecular weight is 237 g/mol. The Morgan fingerprint density at radius 2 is 2.19 bits per heavy atom. The van der Waals surface area contributed by atoms with Crippen LogP contribution in [0.2, 0.25) is 0 Å². The van der Waals surface area contributed by atoms with Crippen LogP contribution < -0.4 is 10.6 Å². The van der Waals surface area contributed by atoms with Gasteiger partial charge in [0.25, 0.3) is 0 Å². The van der Waals surface area contributed by atoms with E-state index in [2.05, 4.69) is 41.3 Å². The van der Waals surface area contributed by atoms with E-state index in [4.69, 9.17) is 0 Å². The molecule has 0 amide bonds. The van der Waals surface area contributed by atoms with Gasteiger partial charge in [0.15, 0.2) is 5.96 Å². The van der Waals surface area contributed by atoms with E-state index in [0.29, 0.717) is 0 Å². The number of nitrogens with one attached hydrogen (secondary N) is 2. The van der Waals surface area contributed by atoms with Crippen LogP contribution in [0.4, 0.5) is 0 Å². The van der Waals surface area contributed by atoms with E-state index in [9.17, 15) is 0 Å². The molecule has 0 atom stereocenters. The molecule has 1 rings (SSSR count). The molecule has 0 spiro atoms. The van der Waals surface area contributed by atoms with Crippen LogP contribution in [0.15, 0.2) is 29.8 Å². The number of aliphatic imine (C=N–C) groups is 1. The monoisotopic (exact) mass is 237 g/mol. The van der Waals surface area contributed by atoms with Crippen LogP contribution in [0.5, 0.6) is 0 Å². The maximum Gasteiger partial charge on any atom is 0.191 e. The third-order valence-electron chi connectivity index (χ3n) is 2.13. The van der Waals surface area contributed by atoms with Crippen molar-refractivity contribution in [3.63, 3.8) is 0 Å². The van der Waals surface area contributed by atoms with Gasteiger partial charge in [0, 0.05) is 23.3 Å². The molecule has 0 aliphatic carbocycles. The molecule has 1 aromatic heterocycles. The minimum Gasteiger partial charge on any atom is -0.353 e. The van der Waals surface area contributed by atoms with Crippen molar-refractivity contribution >= 4 is 17.3 Å². The summed E-state index contributed by atoms with van der Waals surface area (Å²) in [5.74, 6) is 0.811. The summed E-state index contributed by atoms with van der Waals surface area (Å²) in [5, 5.41) is 6.40. The Bertz CT molecular complexity index is 355. The fourth-order valence-electron chi connectivity index (χ4n) is 1.27. The van der Waals surface area contributed by atoms with Gasteiger partial charge < -0.3 is 10.6 Å². The standard InChI is InChI=1S/C12H19N3S/c1-4-8-14-12(13-3)15-9-11-7-6-10(5-2)16-11/h4,6-7H,1,5,8-9H2,2-3H3,(H2,13,14,15). The second-order valence-electron chi connectivity index (χ2n) is 3.32. The Morgan fingerprint density at radius 1 is 1.44 bits per heavy atom. The third-order valence-corrected chi connectivity index (χ3v) is 3.36. The summed E-state index contributed by atoms with van der Waals surface area (Å²) < 4.78 is 0. The first-order valence-electron chi connectivity index (χ1n) is 5.43. The molecule has 2 N–H and O–H groups in total. The van der Waals surface area contributed by atoms with E-state index in [-0.39, 0.29) is 0 Å². The first-order valence-corrected chi connectivity index (χ1v) is 6.24. The fourth-order valence-corrected chi connectivity index (χ4v) is 2.17. The number of aryl methyl sites for hydroxylation is 1. The minimum atomic E-state index is 0.727. The van der Waals surface area contributed by atoms with E-state index in [1.165, 1.54) is 9.75 Å². The van der Waals surface area contributed by atoms with Crippen molar-refractivity contribution in [2.24, 2.45) is 4.99 Å². The van der Waals surface area contributed by atoms with Crippen LogP contribution in [0.1, 0.15) is 16.7 Å². The molecule has 0 aliphatic heterocycles. The molecule has 4 heteroatoms. The topological polar surface area (TPSA) is 36.4 Å². The summed E-state index contributed by atoms with van der Waals surface area (Å²) in [4.78, 5) is 6.87. The van der Waals surface area contributed by atoms with Crippen molar-refractivity contribution in [3.8, 4) is 0 Å². The Kier molecular flexibility index (Phi) is 5.64. The van der Waals surface area contributed by atoms with Crippen molar-refractivity contribution in [1.29, 1.82) is 0 Å². The van der Waals surface area contributed by atoms with Gasteiger partial charge in [0.1, 0.15) is 0 Å². The molecule has 0 fully saturated rings. The summed E-state index contributed by atoms with van der Waals surface area (Å²) in [6.07, 6.45) is 2.92. The van der Waals surface area contributed by atoms with Gasteiger partial charge in [-0.2, -0.15) is 0 Å². The lowest BCUT2D eigenvalue weighted by Gasteiger charge is -2.08. The molecule has 0 bridgehead atoms. The fraction of sp³-hybridized carbons (Fsp3) is 0.417. The molecule has 1 aromatic rings. The van der Waals surface area contributed by atoms with E-state index in [1.54, 1.807) is 7.05 Å². The quantitative estimate of drug-likeness (QED) is 0.468. The highest BCUT2D eigenvalue weighted by atomic mass is 32.1. The summed E-state index contributed by atoms with van der Waals surface area (Å²) in [5.41, 5.74) is 0. The van der Waals surface area contributed by atoms with Gasteiger partial charge in [-0.15, -0.1) is 17.9 Å². The van der Waals surface area contributed by atoms with Gasteiger partial charge in [0.05, 0.1) is 6.54 Å². The van der Waals surface area contributed by atoms with Crippen LogP contribution in [0, 0.1) is 0 Å². The maximum atomic E-state index is 4.12. The number of thiophene rings is 1. The average Bonchev–Trinajstić information content (AvgIpc) is 2.77. The molecule has 3 nitrogen and oxygen atoms in total. The highest BCUT2D eigenvalue weighted by Gasteiger charge is 2.00. The van der Waals surface area contributed by atoms with Gasteiger partial charge >= 0.3 is 0 Å². The zero-order valence-electron chi connectivity index (χ0n) is 9.92. The van der Waals surface area contributed by atoms with Crippen molar-refractivity contribution in [2.75, 3.05) is 13.6 Å². The number of nitrogens with zero attached hydrogens (tertiary/aromatic N) is 1. The first-order chi connectivity index (χ1) is 7.80. The zero-order valence-corrected chi connectivity index (χ0v) is 10.7. The maximum absolute atomic E-state index is 4.12. The molecule has 0 saturated carbocycles. The lowest BCUT2D eigenvalue weighted by atomic mass is 10.4. The molecule has 88 valence electrons. The minimum absolute atomic E-state index is 0.727. The van der Waals surface area contributed by atoms with Crippen LogP contribution in [0.25, 0.3) is 0 Å². The van der Waals surface area contributed by atoms with E-state index < -0.39 is 0 Å². The Labute approximate surface area is 101 Å². The first kappa shape index (κ1) is 12.8. The normalized spacial score (nSPS) is 11.2. The van der Waals surface area contributed by atoms with Crippen molar-refractivity contribution in [1.82, 2.24) is 10.6 Å². The number of hydrogen-bond donors (Lipinski definition) is 2. The SMILES string of the molecule is C=CCNC(=NC)NCc1ccc(CC)s1. The zero-order chi connectivity index (χ0) is 11.8. The molecule has 16 heavy (non-hydrogen) atoms. The molecule has 0 saturated heterocycles. The van der Waals surface area contributed by atoms with Crippen LogP contribution >= 0.6 is 11.3 Å². The van der Waals surface area contributed by atoms with Crippen LogP contribution in [-0.2, 0) is 13.0 Å². The van der Waals surface area contributed by atoms with Crippen LogP contribution in [-0.4, -0.2) is 19.6 Å². The van der Waals surface area contributed by atoms with Gasteiger partial charge in [-0.1, -0.05) is 13.0 Å². The molecule has 0 unspecified atom stereocenters. The number of hydrogen-bond acceptors (Lipinski definition) is 2. The highest BCUT2D eigenvalue weighted by molar-refractivity contribution is 7.11. The largest absolute Gasteiger partial charge is 0.353 e. The van der Waals surface area contributed by atoms with Gasteiger partial charge in [-0.25, -0.2) is 0 Å². The Hall–Kier alpha value is -1.29. The summed E-state index contributed by atoms with van der Waals surface area (Å²) in [6.45, 7) is 7.38. The van der Waals surface area contributed by atoms with Crippen molar-refractivity contribution < 1.29 is 0 Å². The van der Waals surface area contributed by atoms with Crippen molar-refractivity contribution in [2.45, 2.75) is 19.9 Å². The molecule has 1 heterocycles. The predicted molar refractivity (Wildman–Crippen MR) is 72.1 cm³/mol. The predicted octanol–water partition coefficient (Wildman–Crippen LogP) is 2.16. The molecular formula is C12H19N3S. The Morgan fingerprint density at radius 3 is 2.75 bits per heavy atom. The van der Waals surface area contributed by atoms with E-state index >= 15 is 0 Å². The van der Waals surface area contributed by atoms with Gasteiger partial charge in [-0.05, 0) is 18.6 Å². The molecule has 0 radical (unpaired) electrons. The molecular weight excluding hydrogens is 218 g/mol. The molecule has 0 aromatic carbocycles. The number of guanidine groups is 1. The van der Waals surface area contributed by atoms with E-state index in [0.717, 1.165) is 25.5 Å². The lowest BCUT2D eigenvalue weighted by Crippen LogP contribution is -2.36. The second-order valence-corrected chi connectivity index (χ2v) is 4.57. The smallest absolute Gasteiger partial charge is 0.191 e. The summed E-state index contributed by atoms with van der Waals surface area (Å²) in [7, 11) is 1.77. The summed E-state index contributed by atoms with van der Waals surface area (Å²) >= 11 is 1.84. The lowest BCUT2D eigenvalue weighted by molar-refractivity contribution is 0.858. The van der Waals surface area contributed by atoms with Gasteiger partial charge in [-0.3, -0.25) is 4.99 Å². The van der Waals surface area contributed by atoms with Crippen molar-refractivity contribution in [3.05, 3.63) is 34.5 Å². The van der Waals surface area contributed by atoms with E-state index in [1.807, 2.05) is 17.4 Å². The molecule has 0 aliphatic rings. The van der Waals surface area contributed by atoms with Crippen LogP contribution in [0.3, 0.4) is 0 Å². The van der Waals surface area contributed by atoms with Gasteiger partial charge in [0.2, 0.25) is 0 Å². The second kappa shape index (κ2) is 7.06. The summed E-state index contributed by atoms with van der Waals surface area (Å²) in [6, 6.07) is 4.35. The third kappa shape index (κ3) is 4.06. The highest BCUT2D eigenvalue weighted by Crippen LogP contribution is 2.16. The number of rotatable bonds is 5. The Balaban J connectivity index is 2.40.